The van der Waals surface area contributed by atoms with Crippen LogP contribution >= 0.6 is 11.8 Å². The molecule has 0 aromatic heterocycles. The number of piperidine rings is 1. The number of carbonyl (C=O) groups excluding carboxylic acids is 2. The molecule has 8 heteroatoms. The number of rotatable bonds is 8. The fourth-order valence-electron chi connectivity index (χ4n) is 5.12. The molecule has 0 bridgehead atoms. The normalized spacial score (nSPS) is 23.8. The first-order valence-corrected chi connectivity index (χ1v) is 13.0. The van der Waals surface area contributed by atoms with Gasteiger partial charge < -0.3 is 9.64 Å². The zero-order valence-electron chi connectivity index (χ0n) is 21.1. The number of ether oxygens (including phenoxy) is 1. The molecule has 0 radical (unpaired) electrons. The minimum Gasteiger partial charge on any atom is -0.425 e. The molecular formula is C28H35ClFN3O3. The summed E-state index contributed by atoms with van der Waals surface area (Å²) in [6.07, 6.45) is 0.293. The fourth-order valence-corrected chi connectivity index (χ4v) is 5.47. The van der Waals surface area contributed by atoms with Crippen LogP contribution in [0.5, 0.6) is 5.75 Å². The highest BCUT2D eigenvalue weighted by Crippen LogP contribution is 2.34. The van der Waals surface area contributed by atoms with Crippen LogP contribution in [0.3, 0.4) is 0 Å². The van der Waals surface area contributed by atoms with E-state index in [1.807, 2.05) is 42.7 Å². The standard InChI is InChI=1S/C28H35ClFN3O3/c1-18(2)26(31-29)28(35)36-22-10-8-21(9-11-22)23-12-14-32(17-24(23)30)25-13-15-33(27(25)34)16-20-6-4-19(3)5-7-20/h4-11,18,23-26,31H,12-17H2,1-3H3/t23-,24+,25+,26-/m0/s1. The van der Waals surface area contributed by atoms with Gasteiger partial charge in [0.2, 0.25) is 5.91 Å². The summed E-state index contributed by atoms with van der Waals surface area (Å²) in [6, 6.07) is 14.4. The lowest BCUT2D eigenvalue weighted by molar-refractivity contribution is -0.137. The fraction of sp³-hybridized carbons (Fsp3) is 0.500. The van der Waals surface area contributed by atoms with Crippen LogP contribution in [0.2, 0.25) is 0 Å². The Morgan fingerprint density at radius 2 is 1.81 bits per heavy atom. The highest BCUT2D eigenvalue weighted by molar-refractivity contribution is 6.14. The van der Waals surface area contributed by atoms with E-state index in [2.05, 4.69) is 29.1 Å². The molecule has 2 fully saturated rings. The van der Waals surface area contributed by atoms with Crippen molar-refractivity contribution in [2.24, 2.45) is 5.92 Å². The number of benzene rings is 2. The van der Waals surface area contributed by atoms with Gasteiger partial charge in [-0.05, 0) is 67.3 Å². The summed E-state index contributed by atoms with van der Waals surface area (Å²) in [6.45, 7) is 8.01. The van der Waals surface area contributed by atoms with Crippen molar-refractivity contribution in [2.45, 2.75) is 64.3 Å². The van der Waals surface area contributed by atoms with E-state index in [1.54, 1.807) is 12.1 Å². The number of esters is 1. The van der Waals surface area contributed by atoms with Gasteiger partial charge in [-0.25, -0.2) is 14.0 Å². The Balaban J connectivity index is 1.32. The summed E-state index contributed by atoms with van der Waals surface area (Å²) >= 11 is 5.66. The van der Waals surface area contributed by atoms with E-state index in [1.165, 1.54) is 5.56 Å². The van der Waals surface area contributed by atoms with Crippen LogP contribution in [-0.2, 0) is 16.1 Å². The molecule has 0 spiro atoms. The Kier molecular flexibility index (Phi) is 8.65. The summed E-state index contributed by atoms with van der Waals surface area (Å²) in [4.78, 5) is 31.7. The second-order valence-corrected chi connectivity index (χ2v) is 10.5. The number of hydrogen-bond acceptors (Lipinski definition) is 5. The molecule has 2 aromatic rings. The maximum atomic E-state index is 15.3. The first kappa shape index (κ1) is 26.6. The minimum atomic E-state index is -1.07. The molecule has 2 heterocycles. The molecule has 4 rings (SSSR count). The third-order valence-corrected chi connectivity index (χ3v) is 7.58. The Morgan fingerprint density at radius 3 is 2.42 bits per heavy atom. The molecule has 2 aromatic carbocycles. The molecule has 6 nitrogen and oxygen atoms in total. The van der Waals surface area contributed by atoms with Crippen molar-refractivity contribution in [3.8, 4) is 5.75 Å². The van der Waals surface area contributed by atoms with Crippen molar-refractivity contribution < 1.29 is 18.7 Å². The number of aryl methyl sites for hydroxylation is 1. The van der Waals surface area contributed by atoms with Crippen LogP contribution in [0.25, 0.3) is 0 Å². The monoisotopic (exact) mass is 515 g/mol. The first-order valence-electron chi connectivity index (χ1n) is 12.7. The summed E-state index contributed by atoms with van der Waals surface area (Å²) in [5.74, 6) is -0.229. The maximum absolute atomic E-state index is 15.3. The molecule has 1 amide bonds. The lowest BCUT2D eigenvalue weighted by Gasteiger charge is -2.37. The van der Waals surface area contributed by atoms with Crippen LogP contribution in [0.4, 0.5) is 4.39 Å². The van der Waals surface area contributed by atoms with Gasteiger partial charge in [-0.3, -0.25) is 9.69 Å². The second kappa shape index (κ2) is 11.7. The largest absolute Gasteiger partial charge is 0.425 e. The molecule has 0 unspecified atom stereocenters. The Labute approximate surface area is 217 Å². The van der Waals surface area contributed by atoms with E-state index in [0.717, 1.165) is 17.5 Å². The molecule has 36 heavy (non-hydrogen) atoms. The molecule has 194 valence electrons. The lowest BCUT2D eigenvalue weighted by atomic mass is 9.87. The quantitative estimate of drug-likeness (QED) is 0.316. The van der Waals surface area contributed by atoms with Gasteiger partial charge in [-0.2, -0.15) is 0 Å². The topological polar surface area (TPSA) is 61.9 Å². The molecule has 4 atom stereocenters. The van der Waals surface area contributed by atoms with Gasteiger partial charge in [0.25, 0.3) is 0 Å². The van der Waals surface area contributed by atoms with Gasteiger partial charge in [-0.15, -0.1) is 0 Å². The summed E-state index contributed by atoms with van der Waals surface area (Å²) < 4.78 is 20.7. The van der Waals surface area contributed by atoms with Crippen LogP contribution in [0.1, 0.15) is 49.3 Å². The van der Waals surface area contributed by atoms with Crippen LogP contribution in [0.15, 0.2) is 48.5 Å². The molecule has 2 saturated heterocycles. The number of carbonyl (C=O) groups is 2. The van der Waals surface area contributed by atoms with Crippen molar-refractivity contribution in [3.05, 3.63) is 65.2 Å². The van der Waals surface area contributed by atoms with E-state index in [9.17, 15) is 9.59 Å². The molecule has 0 aliphatic carbocycles. The van der Waals surface area contributed by atoms with Gasteiger partial charge >= 0.3 is 5.97 Å². The minimum absolute atomic E-state index is 0.0202. The van der Waals surface area contributed by atoms with Crippen LogP contribution in [0, 0.1) is 12.8 Å². The highest BCUT2D eigenvalue weighted by atomic mass is 35.5. The van der Waals surface area contributed by atoms with E-state index in [0.29, 0.717) is 31.8 Å². The number of nitrogens with zero attached hydrogens (tertiary/aromatic N) is 2. The van der Waals surface area contributed by atoms with Gasteiger partial charge in [0.1, 0.15) is 18.0 Å². The van der Waals surface area contributed by atoms with E-state index in [-0.39, 0.29) is 30.3 Å². The zero-order chi connectivity index (χ0) is 25.8. The number of hydrogen-bond donors (Lipinski definition) is 1. The van der Waals surface area contributed by atoms with Gasteiger partial charge in [0.05, 0.1) is 6.04 Å². The summed E-state index contributed by atoms with van der Waals surface area (Å²) in [7, 11) is 0. The molecule has 2 aliphatic heterocycles. The van der Waals surface area contributed by atoms with Crippen molar-refractivity contribution >= 4 is 23.7 Å². The number of likely N-dealkylation sites (tertiary alicyclic amines) is 2. The predicted octanol–water partition coefficient (Wildman–Crippen LogP) is 4.60. The average Bonchev–Trinajstić information content (AvgIpc) is 3.21. The number of nitrogens with one attached hydrogen (secondary N) is 1. The van der Waals surface area contributed by atoms with Crippen molar-refractivity contribution in [1.29, 1.82) is 0 Å². The smallest absolute Gasteiger partial charge is 0.330 e. The SMILES string of the molecule is Cc1ccc(CN2CC[C@@H](N3CC[C@@H](c4ccc(OC(=O)[C@@H](NCl)C(C)C)cc4)[C@H](F)C3)C2=O)cc1. The predicted molar refractivity (Wildman–Crippen MR) is 139 cm³/mol. The maximum Gasteiger partial charge on any atom is 0.330 e. The third kappa shape index (κ3) is 6.07. The van der Waals surface area contributed by atoms with Crippen molar-refractivity contribution in [2.75, 3.05) is 19.6 Å². The number of halogens is 2. The van der Waals surface area contributed by atoms with Crippen LogP contribution in [-0.4, -0.2) is 59.6 Å². The average molecular weight is 516 g/mol. The van der Waals surface area contributed by atoms with Gasteiger partial charge in [0, 0.05) is 25.6 Å². The Bertz CT molecular complexity index is 1050. The molecular weight excluding hydrogens is 481 g/mol. The van der Waals surface area contributed by atoms with Crippen LogP contribution < -0.4 is 9.57 Å². The lowest BCUT2D eigenvalue weighted by Crippen LogP contribution is -2.49. The first-order chi connectivity index (χ1) is 17.3. The van der Waals surface area contributed by atoms with E-state index in [4.69, 9.17) is 16.5 Å². The Hall–Kier alpha value is -2.48. The van der Waals surface area contributed by atoms with Gasteiger partial charge in [-0.1, -0.05) is 55.8 Å². The summed E-state index contributed by atoms with van der Waals surface area (Å²) in [5.41, 5.74) is 3.18. The molecule has 0 saturated carbocycles. The zero-order valence-corrected chi connectivity index (χ0v) is 21.9. The molecule has 2 aliphatic rings. The Morgan fingerprint density at radius 1 is 1.11 bits per heavy atom. The van der Waals surface area contributed by atoms with E-state index >= 15 is 4.39 Å². The third-order valence-electron chi connectivity index (χ3n) is 7.34. The number of amides is 1. The second-order valence-electron chi connectivity index (χ2n) is 10.3. The van der Waals surface area contributed by atoms with Crippen molar-refractivity contribution in [1.82, 2.24) is 14.6 Å². The summed E-state index contributed by atoms with van der Waals surface area (Å²) in [5, 5.41) is 0. The van der Waals surface area contributed by atoms with Crippen molar-refractivity contribution in [3.63, 3.8) is 0 Å². The van der Waals surface area contributed by atoms with Gasteiger partial charge in [0.15, 0.2) is 0 Å². The molecule has 1 N–H and O–H groups in total. The number of alkyl halides is 1. The highest BCUT2D eigenvalue weighted by Gasteiger charge is 2.40. The van der Waals surface area contributed by atoms with E-state index < -0.39 is 18.2 Å².